The molecule has 1 saturated carbocycles. The molecule has 0 aliphatic heterocycles. The van der Waals surface area contributed by atoms with E-state index in [4.69, 9.17) is 0 Å². The lowest BCUT2D eigenvalue weighted by atomic mass is 9.80. The highest BCUT2D eigenvalue weighted by Crippen LogP contribution is 2.44. The largest absolute Gasteiger partial charge is 0.334 e. The molecule has 0 amide bonds. The highest BCUT2D eigenvalue weighted by molar-refractivity contribution is 5.04. The molecule has 0 bridgehead atoms. The molecule has 1 fully saturated rings. The summed E-state index contributed by atoms with van der Waals surface area (Å²) in [6.45, 7) is 4.50. The fraction of sp³-hybridized carbons (Fsp3) is 0.727. The Bertz CT molecular complexity index is 344. The Hall–Kier alpha value is -0.930. The van der Waals surface area contributed by atoms with Crippen molar-refractivity contribution >= 4 is 0 Å². The van der Waals surface area contributed by atoms with E-state index in [-0.39, 0.29) is 6.42 Å². The third-order valence-corrected chi connectivity index (χ3v) is 3.18. The minimum Gasteiger partial charge on any atom is -0.334 e. The number of imidazole rings is 1. The summed E-state index contributed by atoms with van der Waals surface area (Å²) in [5.41, 5.74) is 1.04. The molecule has 0 spiro atoms. The number of rotatable bonds is 3. The molecule has 0 aromatic carbocycles. The Morgan fingerprint density at radius 3 is 2.80 bits per heavy atom. The Balaban J connectivity index is 2.08. The van der Waals surface area contributed by atoms with E-state index < -0.39 is 11.8 Å². The van der Waals surface area contributed by atoms with Crippen molar-refractivity contribution in [1.82, 2.24) is 9.55 Å². The Morgan fingerprint density at radius 2 is 2.33 bits per heavy atom. The molecule has 4 heteroatoms. The van der Waals surface area contributed by atoms with Gasteiger partial charge < -0.3 is 4.57 Å². The van der Waals surface area contributed by atoms with Gasteiger partial charge >= 0.3 is 0 Å². The van der Waals surface area contributed by atoms with Crippen molar-refractivity contribution in [1.29, 1.82) is 0 Å². The van der Waals surface area contributed by atoms with Crippen LogP contribution in [0.15, 0.2) is 12.5 Å². The van der Waals surface area contributed by atoms with Crippen molar-refractivity contribution in [2.24, 2.45) is 5.92 Å². The zero-order valence-electron chi connectivity index (χ0n) is 9.08. The second kappa shape index (κ2) is 3.58. The van der Waals surface area contributed by atoms with Gasteiger partial charge in [0.05, 0.1) is 6.33 Å². The van der Waals surface area contributed by atoms with E-state index in [1.54, 1.807) is 12.5 Å². The van der Waals surface area contributed by atoms with Gasteiger partial charge in [0.15, 0.2) is 0 Å². The third kappa shape index (κ3) is 1.90. The van der Waals surface area contributed by atoms with Crippen molar-refractivity contribution in [2.75, 3.05) is 0 Å². The third-order valence-electron chi connectivity index (χ3n) is 3.18. The SMILES string of the molecule is CC(C)c1cncn1CC1CCC1(F)F. The van der Waals surface area contributed by atoms with Crippen LogP contribution in [-0.2, 0) is 6.54 Å². The first kappa shape index (κ1) is 10.6. The topological polar surface area (TPSA) is 17.8 Å². The van der Waals surface area contributed by atoms with Gasteiger partial charge in [-0.05, 0) is 12.3 Å². The average molecular weight is 214 g/mol. The van der Waals surface area contributed by atoms with Crippen molar-refractivity contribution in [2.45, 2.75) is 45.1 Å². The Labute approximate surface area is 88.3 Å². The van der Waals surface area contributed by atoms with Crippen LogP contribution in [0.25, 0.3) is 0 Å². The number of halogens is 2. The molecular weight excluding hydrogens is 198 g/mol. The molecule has 0 N–H and O–H groups in total. The summed E-state index contributed by atoms with van der Waals surface area (Å²) in [5.74, 6) is -2.62. The smallest absolute Gasteiger partial charge is 0.252 e. The lowest BCUT2D eigenvalue weighted by Gasteiger charge is -2.36. The number of hydrogen-bond acceptors (Lipinski definition) is 1. The molecule has 1 heterocycles. The summed E-state index contributed by atoms with van der Waals surface area (Å²) >= 11 is 0. The summed E-state index contributed by atoms with van der Waals surface area (Å²) in [5, 5.41) is 0. The molecule has 1 aliphatic carbocycles. The van der Waals surface area contributed by atoms with E-state index in [1.165, 1.54) is 0 Å². The van der Waals surface area contributed by atoms with Crippen LogP contribution in [0.5, 0.6) is 0 Å². The van der Waals surface area contributed by atoms with Crippen LogP contribution in [0.4, 0.5) is 8.78 Å². The van der Waals surface area contributed by atoms with Crippen LogP contribution in [0.3, 0.4) is 0 Å². The highest BCUT2D eigenvalue weighted by Gasteiger charge is 2.48. The van der Waals surface area contributed by atoms with E-state index in [0.717, 1.165) is 5.69 Å². The van der Waals surface area contributed by atoms with E-state index in [1.807, 2.05) is 18.4 Å². The second-order valence-electron chi connectivity index (χ2n) is 4.62. The summed E-state index contributed by atoms with van der Waals surface area (Å²) < 4.78 is 28.1. The quantitative estimate of drug-likeness (QED) is 0.756. The zero-order chi connectivity index (χ0) is 11.1. The van der Waals surface area contributed by atoms with Crippen LogP contribution >= 0.6 is 0 Å². The zero-order valence-corrected chi connectivity index (χ0v) is 9.08. The molecule has 0 saturated heterocycles. The lowest BCUT2D eigenvalue weighted by Crippen LogP contribution is -2.41. The maximum Gasteiger partial charge on any atom is 0.252 e. The summed E-state index contributed by atoms with van der Waals surface area (Å²) in [7, 11) is 0. The maximum absolute atomic E-state index is 13.1. The van der Waals surface area contributed by atoms with Crippen molar-refractivity contribution < 1.29 is 8.78 Å². The van der Waals surface area contributed by atoms with Crippen LogP contribution < -0.4 is 0 Å². The Kier molecular flexibility index (Phi) is 2.52. The van der Waals surface area contributed by atoms with Gasteiger partial charge in [-0.2, -0.15) is 0 Å². The first-order chi connectivity index (χ1) is 7.00. The Morgan fingerprint density at radius 1 is 1.60 bits per heavy atom. The van der Waals surface area contributed by atoms with Gasteiger partial charge in [0, 0.05) is 30.8 Å². The van der Waals surface area contributed by atoms with Crippen LogP contribution in [0.2, 0.25) is 0 Å². The van der Waals surface area contributed by atoms with Crippen LogP contribution in [-0.4, -0.2) is 15.5 Å². The van der Waals surface area contributed by atoms with Gasteiger partial charge in [-0.3, -0.25) is 0 Å². The van der Waals surface area contributed by atoms with Crippen LogP contribution in [0, 0.1) is 5.92 Å². The molecule has 1 aromatic heterocycles. The first-order valence-corrected chi connectivity index (χ1v) is 5.38. The molecule has 1 unspecified atom stereocenters. The van der Waals surface area contributed by atoms with E-state index in [9.17, 15) is 8.78 Å². The fourth-order valence-corrected chi connectivity index (χ4v) is 1.99. The minimum atomic E-state index is -2.46. The number of aromatic nitrogens is 2. The van der Waals surface area contributed by atoms with E-state index in [2.05, 4.69) is 4.98 Å². The average Bonchev–Trinajstić information content (AvgIpc) is 2.60. The van der Waals surface area contributed by atoms with Gasteiger partial charge in [0.25, 0.3) is 5.92 Å². The summed E-state index contributed by atoms with van der Waals surface area (Å²) in [6.07, 6.45) is 4.09. The van der Waals surface area contributed by atoms with E-state index in [0.29, 0.717) is 18.9 Å². The lowest BCUT2D eigenvalue weighted by molar-refractivity contribution is -0.137. The van der Waals surface area contributed by atoms with E-state index >= 15 is 0 Å². The molecule has 15 heavy (non-hydrogen) atoms. The second-order valence-corrected chi connectivity index (χ2v) is 4.62. The van der Waals surface area contributed by atoms with Gasteiger partial charge in [-0.15, -0.1) is 0 Å². The standard InChI is InChI=1S/C11H16F2N2/c1-8(2)10-5-14-7-15(10)6-9-3-4-11(9,12)13/h5,7-9H,3-4,6H2,1-2H3. The maximum atomic E-state index is 13.1. The molecule has 2 rings (SSSR count). The normalized spacial score (nSPS) is 24.2. The fourth-order valence-electron chi connectivity index (χ4n) is 1.99. The van der Waals surface area contributed by atoms with Crippen molar-refractivity contribution in [3.63, 3.8) is 0 Å². The molecule has 84 valence electrons. The van der Waals surface area contributed by atoms with Gasteiger partial charge in [0.1, 0.15) is 0 Å². The number of nitrogens with zero attached hydrogens (tertiary/aromatic N) is 2. The molecule has 1 aliphatic rings. The first-order valence-electron chi connectivity index (χ1n) is 5.38. The monoisotopic (exact) mass is 214 g/mol. The molecule has 1 atom stereocenters. The van der Waals surface area contributed by atoms with Gasteiger partial charge in [-0.25, -0.2) is 13.8 Å². The van der Waals surface area contributed by atoms with Crippen molar-refractivity contribution in [3.05, 3.63) is 18.2 Å². The highest BCUT2D eigenvalue weighted by atomic mass is 19.3. The van der Waals surface area contributed by atoms with Gasteiger partial charge in [-0.1, -0.05) is 13.8 Å². The molecule has 0 radical (unpaired) electrons. The molecule has 2 nitrogen and oxygen atoms in total. The minimum absolute atomic E-state index is 0.0450. The predicted octanol–water partition coefficient (Wildman–Crippen LogP) is 3.05. The number of alkyl halides is 2. The van der Waals surface area contributed by atoms with Gasteiger partial charge in [0.2, 0.25) is 0 Å². The molecular formula is C11H16F2N2. The molecule has 1 aromatic rings. The van der Waals surface area contributed by atoms with Crippen molar-refractivity contribution in [3.8, 4) is 0 Å². The van der Waals surface area contributed by atoms with Crippen LogP contribution in [0.1, 0.15) is 38.3 Å². The predicted molar refractivity (Wildman–Crippen MR) is 54.0 cm³/mol. The summed E-state index contributed by atoms with van der Waals surface area (Å²) in [6, 6.07) is 0. The number of hydrogen-bond donors (Lipinski definition) is 0. The summed E-state index contributed by atoms with van der Waals surface area (Å²) in [4.78, 5) is 4.02.